The Morgan fingerprint density at radius 2 is 2.13 bits per heavy atom. The molecule has 3 N–H and O–H groups in total. The second-order valence-electron chi connectivity index (χ2n) is 4.38. The van der Waals surface area contributed by atoms with Crippen LogP contribution in [0.4, 0.5) is 4.79 Å². The predicted molar refractivity (Wildman–Crippen MR) is 55.5 cm³/mol. The van der Waals surface area contributed by atoms with Gasteiger partial charge in [-0.15, -0.1) is 0 Å². The topological polar surface area (TPSA) is 78.4 Å². The summed E-state index contributed by atoms with van der Waals surface area (Å²) in [5.74, 6) is -0.294. The van der Waals surface area contributed by atoms with Gasteiger partial charge in [-0.25, -0.2) is 4.79 Å². The highest BCUT2D eigenvalue weighted by atomic mass is 16.4. The maximum Gasteiger partial charge on any atom is 0.315 e. The summed E-state index contributed by atoms with van der Waals surface area (Å²) in [7, 11) is 0. The highest BCUT2D eigenvalue weighted by Crippen LogP contribution is 2.28. The summed E-state index contributed by atoms with van der Waals surface area (Å²) in [5.41, 5.74) is 0. The van der Waals surface area contributed by atoms with Gasteiger partial charge >= 0.3 is 12.0 Å². The molecule has 1 fully saturated rings. The van der Waals surface area contributed by atoms with Crippen LogP contribution < -0.4 is 10.6 Å². The van der Waals surface area contributed by atoms with Crippen molar-refractivity contribution in [2.24, 2.45) is 11.8 Å². The summed E-state index contributed by atoms with van der Waals surface area (Å²) in [6.45, 7) is 4.28. The van der Waals surface area contributed by atoms with Crippen molar-refractivity contribution >= 4 is 12.0 Å². The number of aliphatic carboxylic acids is 1. The van der Waals surface area contributed by atoms with Gasteiger partial charge in [0.15, 0.2) is 0 Å². The van der Waals surface area contributed by atoms with Gasteiger partial charge in [-0.1, -0.05) is 13.8 Å². The number of carbonyl (C=O) groups excluding carboxylic acids is 1. The zero-order chi connectivity index (χ0) is 11.4. The Morgan fingerprint density at radius 1 is 1.53 bits per heavy atom. The van der Waals surface area contributed by atoms with Crippen LogP contribution in [0.3, 0.4) is 0 Å². The molecule has 2 amide bonds. The van der Waals surface area contributed by atoms with E-state index in [4.69, 9.17) is 5.11 Å². The number of carbonyl (C=O) groups is 2. The maximum absolute atomic E-state index is 11.3. The third-order valence-electron chi connectivity index (χ3n) is 2.56. The molecule has 3 atom stereocenters. The number of hydrogen-bond donors (Lipinski definition) is 3. The van der Waals surface area contributed by atoms with Crippen molar-refractivity contribution < 1.29 is 14.7 Å². The van der Waals surface area contributed by atoms with Gasteiger partial charge in [0.05, 0.1) is 0 Å². The molecule has 1 aliphatic rings. The van der Waals surface area contributed by atoms with Crippen molar-refractivity contribution in [2.45, 2.75) is 32.7 Å². The highest BCUT2D eigenvalue weighted by Gasteiger charge is 2.33. The molecule has 0 heterocycles. The van der Waals surface area contributed by atoms with E-state index < -0.39 is 5.97 Å². The van der Waals surface area contributed by atoms with Crippen molar-refractivity contribution in [2.75, 3.05) is 6.54 Å². The van der Waals surface area contributed by atoms with E-state index in [0.29, 0.717) is 18.5 Å². The molecular weight excluding hydrogens is 196 g/mol. The third kappa shape index (κ3) is 4.67. The van der Waals surface area contributed by atoms with Gasteiger partial charge in [0.25, 0.3) is 0 Å². The molecule has 0 aromatic rings. The van der Waals surface area contributed by atoms with Gasteiger partial charge in [0.2, 0.25) is 0 Å². The van der Waals surface area contributed by atoms with Crippen LogP contribution in [0.25, 0.3) is 0 Å². The quantitative estimate of drug-likeness (QED) is 0.633. The molecule has 1 rings (SSSR count). The normalized spacial score (nSPS) is 25.5. The fourth-order valence-electron chi connectivity index (χ4n) is 1.38. The lowest BCUT2D eigenvalue weighted by atomic mass is 10.1. The van der Waals surface area contributed by atoms with E-state index in [1.807, 2.05) is 0 Å². The van der Waals surface area contributed by atoms with Crippen LogP contribution in [0, 0.1) is 11.8 Å². The average molecular weight is 214 g/mol. The number of carboxylic acid groups (broad SMARTS) is 1. The van der Waals surface area contributed by atoms with Crippen molar-refractivity contribution in [3.8, 4) is 0 Å². The number of amides is 2. The molecule has 5 heteroatoms. The summed E-state index contributed by atoms with van der Waals surface area (Å²) in [5, 5.41) is 14.0. The van der Waals surface area contributed by atoms with E-state index in [-0.39, 0.29) is 18.4 Å². The van der Waals surface area contributed by atoms with Crippen molar-refractivity contribution in [3.05, 3.63) is 0 Å². The Morgan fingerprint density at radius 3 is 2.60 bits per heavy atom. The average Bonchev–Trinajstić information content (AvgIpc) is 2.77. The fourth-order valence-corrected chi connectivity index (χ4v) is 1.38. The highest BCUT2D eigenvalue weighted by molar-refractivity contribution is 5.74. The largest absolute Gasteiger partial charge is 0.481 e. The van der Waals surface area contributed by atoms with Crippen molar-refractivity contribution in [1.82, 2.24) is 10.6 Å². The van der Waals surface area contributed by atoms with E-state index in [0.717, 1.165) is 6.42 Å². The molecule has 0 aromatic heterocycles. The fraction of sp³-hybridized carbons (Fsp3) is 0.800. The molecule has 1 saturated carbocycles. The Labute approximate surface area is 89.2 Å². The molecule has 86 valence electrons. The Kier molecular flexibility index (Phi) is 3.94. The first-order valence-corrected chi connectivity index (χ1v) is 5.25. The minimum atomic E-state index is -0.833. The Hall–Kier alpha value is -1.26. The summed E-state index contributed by atoms with van der Waals surface area (Å²) in [6.07, 6.45) is 1.12. The van der Waals surface area contributed by atoms with Gasteiger partial charge in [-0.2, -0.15) is 0 Å². The molecule has 0 spiro atoms. The van der Waals surface area contributed by atoms with Gasteiger partial charge < -0.3 is 15.7 Å². The second-order valence-corrected chi connectivity index (χ2v) is 4.38. The summed E-state index contributed by atoms with van der Waals surface area (Å²) >= 11 is 0. The second kappa shape index (κ2) is 5.00. The van der Waals surface area contributed by atoms with E-state index in [1.165, 1.54) is 0 Å². The molecular formula is C10H18N2O3. The zero-order valence-corrected chi connectivity index (χ0v) is 9.12. The Balaban J connectivity index is 2.08. The van der Waals surface area contributed by atoms with E-state index in [1.54, 1.807) is 6.92 Å². The first-order valence-electron chi connectivity index (χ1n) is 5.25. The molecule has 0 aromatic carbocycles. The molecule has 0 saturated heterocycles. The smallest absolute Gasteiger partial charge is 0.315 e. The van der Waals surface area contributed by atoms with Crippen LogP contribution >= 0.6 is 0 Å². The first-order chi connectivity index (χ1) is 6.99. The van der Waals surface area contributed by atoms with Crippen LogP contribution in [0.2, 0.25) is 0 Å². The molecule has 3 unspecified atom stereocenters. The number of urea groups is 1. The third-order valence-corrected chi connectivity index (χ3v) is 2.56. The number of rotatable bonds is 5. The zero-order valence-electron chi connectivity index (χ0n) is 9.12. The lowest BCUT2D eigenvalue weighted by Gasteiger charge is -2.11. The summed E-state index contributed by atoms with van der Waals surface area (Å²) in [6, 6.07) is 0.112. The number of carboxylic acids is 1. The van der Waals surface area contributed by atoms with E-state index in [2.05, 4.69) is 17.6 Å². The lowest BCUT2D eigenvalue weighted by Crippen LogP contribution is -2.39. The maximum atomic E-state index is 11.3. The lowest BCUT2D eigenvalue weighted by molar-refractivity contribution is -0.137. The minimum absolute atomic E-state index is 0.0372. The van der Waals surface area contributed by atoms with Crippen molar-refractivity contribution in [1.29, 1.82) is 0 Å². The van der Waals surface area contributed by atoms with Gasteiger partial charge in [-0.05, 0) is 18.3 Å². The summed E-state index contributed by atoms with van der Waals surface area (Å²) < 4.78 is 0. The summed E-state index contributed by atoms with van der Waals surface area (Å²) in [4.78, 5) is 21.6. The molecule has 15 heavy (non-hydrogen) atoms. The van der Waals surface area contributed by atoms with Gasteiger partial charge in [-0.3, -0.25) is 4.79 Å². The molecule has 5 nitrogen and oxygen atoms in total. The molecule has 0 aliphatic heterocycles. The van der Waals surface area contributed by atoms with Crippen molar-refractivity contribution in [3.63, 3.8) is 0 Å². The molecule has 0 radical (unpaired) electrons. The standard InChI is InChI=1S/C10H18N2O3/c1-6(3-9(13)14)5-11-10(15)12-8-4-7(8)2/h6-8H,3-5H2,1-2H3,(H,13,14)(H2,11,12,15). The number of hydrogen-bond acceptors (Lipinski definition) is 2. The molecule has 0 bridgehead atoms. The van der Waals surface area contributed by atoms with Crippen LogP contribution in [0.1, 0.15) is 26.7 Å². The monoisotopic (exact) mass is 214 g/mol. The van der Waals surface area contributed by atoms with Crippen LogP contribution in [0.15, 0.2) is 0 Å². The first kappa shape index (κ1) is 11.8. The predicted octanol–water partition coefficient (Wildman–Crippen LogP) is 0.805. The van der Waals surface area contributed by atoms with Crippen LogP contribution in [-0.4, -0.2) is 29.7 Å². The molecule has 1 aliphatic carbocycles. The minimum Gasteiger partial charge on any atom is -0.481 e. The van der Waals surface area contributed by atoms with Crippen LogP contribution in [0.5, 0.6) is 0 Å². The van der Waals surface area contributed by atoms with Gasteiger partial charge in [0, 0.05) is 19.0 Å². The SMILES string of the molecule is CC(CNC(=O)NC1CC1C)CC(=O)O. The number of nitrogens with one attached hydrogen (secondary N) is 2. The van der Waals surface area contributed by atoms with Crippen LogP contribution in [-0.2, 0) is 4.79 Å². The van der Waals surface area contributed by atoms with E-state index in [9.17, 15) is 9.59 Å². The van der Waals surface area contributed by atoms with E-state index >= 15 is 0 Å². The Bertz CT molecular complexity index is 255. The van der Waals surface area contributed by atoms with Gasteiger partial charge in [0.1, 0.15) is 0 Å².